The molecule has 0 aliphatic carbocycles. The van der Waals surface area contributed by atoms with Gasteiger partial charge in [-0.2, -0.15) is 0 Å². The summed E-state index contributed by atoms with van der Waals surface area (Å²) < 4.78 is 5.75. The number of amides is 2. The summed E-state index contributed by atoms with van der Waals surface area (Å²) in [4.78, 5) is 27.8. The van der Waals surface area contributed by atoms with Crippen LogP contribution in [-0.4, -0.2) is 36.4 Å². The molecule has 0 aliphatic rings. The van der Waals surface area contributed by atoms with Gasteiger partial charge in [0.25, 0.3) is 5.91 Å². The van der Waals surface area contributed by atoms with E-state index in [0.717, 1.165) is 16.7 Å². The van der Waals surface area contributed by atoms with Crippen LogP contribution in [0.4, 0.5) is 0 Å². The molecule has 1 atom stereocenters. The molecule has 0 bridgehead atoms. The number of ether oxygens (including phenoxy) is 1. The van der Waals surface area contributed by atoms with E-state index in [1.807, 2.05) is 37.3 Å². The number of hydrogen-bond donors (Lipinski definition) is 1. The van der Waals surface area contributed by atoms with Crippen LogP contribution in [-0.2, 0) is 22.6 Å². The molecule has 0 aliphatic heterocycles. The van der Waals surface area contributed by atoms with Crippen molar-refractivity contribution in [1.29, 1.82) is 0 Å². The fourth-order valence-electron chi connectivity index (χ4n) is 3.49. The first-order valence-electron chi connectivity index (χ1n) is 10.7. The van der Waals surface area contributed by atoms with Gasteiger partial charge in [-0.1, -0.05) is 71.2 Å². The van der Waals surface area contributed by atoms with Crippen LogP contribution < -0.4 is 10.1 Å². The minimum atomic E-state index is -0.759. The van der Waals surface area contributed by atoms with Crippen molar-refractivity contribution in [1.82, 2.24) is 10.2 Å². The van der Waals surface area contributed by atoms with Crippen LogP contribution in [0.3, 0.4) is 0 Å². The van der Waals surface area contributed by atoms with Gasteiger partial charge in [0.1, 0.15) is 11.8 Å². The summed E-state index contributed by atoms with van der Waals surface area (Å²) in [5.74, 6) is -0.105. The highest BCUT2D eigenvalue weighted by Crippen LogP contribution is 2.25. The van der Waals surface area contributed by atoms with Gasteiger partial charge < -0.3 is 15.0 Å². The Morgan fingerprint density at radius 1 is 0.912 bits per heavy atom. The van der Waals surface area contributed by atoms with Crippen molar-refractivity contribution in [2.24, 2.45) is 0 Å². The lowest BCUT2D eigenvalue weighted by molar-refractivity contribution is -0.142. The van der Waals surface area contributed by atoms with E-state index in [9.17, 15) is 9.59 Å². The number of likely N-dealkylation sites (N-methyl/N-ethyl adjacent to an activating group) is 1. The van der Waals surface area contributed by atoms with Crippen molar-refractivity contribution in [3.05, 3.63) is 98.5 Å². The second-order valence-electron chi connectivity index (χ2n) is 7.79. The van der Waals surface area contributed by atoms with E-state index in [-0.39, 0.29) is 25.0 Å². The smallest absolute Gasteiger partial charge is 0.261 e. The Hall–Kier alpha value is -2.73. The highest BCUT2D eigenvalue weighted by molar-refractivity contribution is 6.42. The minimum absolute atomic E-state index is 0.156. The predicted molar refractivity (Wildman–Crippen MR) is 137 cm³/mol. The fraction of sp³-hybridized carbons (Fsp3) is 0.231. The summed E-state index contributed by atoms with van der Waals surface area (Å²) in [6.45, 7) is 1.77. The summed E-state index contributed by atoms with van der Waals surface area (Å²) in [5.41, 5.74) is 2.51. The lowest BCUT2D eigenvalue weighted by Crippen LogP contribution is -2.51. The van der Waals surface area contributed by atoms with Gasteiger partial charge >= 0.3 is 0 Å². The topological polar surface area (TPSA) is 58.6 Å². The van der Waals surface area contributed by atoms with Gasteiger partial charge in [0.05, 0.1) is 10.0 Å². The highest BCUT2D eigenvalue weighted by Gasteiger charge is 2.30. The lowest BCUT2D eigenvalue weighted by Gasteiger charge is -2.31. The molecule has 1 unspecified atom stereocenters. The first kappa shape index (κ1) is 25.9. The van der Waals surface area contributed by atoms with Crippen molar-refractivity contribution in [3.63, 3.8) is 0 Å². The number of carbonyl (C=O) groups is 2. The molecule has 0 spiro atoms. The second kappa shape index (κ2) is 12.1. The van der Waals surface area contributed by atoms with E-state index in [2.05, 4.69) is 5.32 Å². The first-order chi connectivity index (χ1) is 16.3. The van der Waals surface area contributed by atoms with Gasteiger partial charge in [-0.15, -0.1) is 0 Å². The zero-order valence-corrected chi connectivity index (χ0v) is 21.1. The Labute approximate surface area is 214 Å². The van der Waals surface area contributed by atoms with Crippen molar-refractivity contribution in [3.8, 4) is 5.75 Å². The Morgan fingerprint density at radius 2 is 1.62 bits per heavy atom. The van der Waals surface area contributed by atoms with E-state index in [4.69, 9.17) is 39.5 Å². The first-order valence-corrected chi connectivity index (χ1v) is 11.8. The summed E-state index contributed by atoms with van der Waals surface area (Å²) >= 11 is 18.3. The lowest BCUT2D eigenvalue weighted by atomic mass is 10.0. The summed E-state index contributed by atoms with van der Waals surface area (Å²) in [6, 6.07) is 19.1. The number of nitrogens with one attached hydrogen (secondary N) is 1. The maximum Gasteiger partial charge on any atom is 0.261 e. The van der Waals surface area contributed by atoms with Crippen molar-refractivity contribution < 1.29 is 14.3 Å². The van der Waals surface area contributed by atoms with E-state index in [0.29, 0.717) is 27.2 Å². The molecular formula is C26H25Cl3N2O3. The standard InChI is InChI=1S/C26H25Cl3N2O3/c1-17-12-20(9-11-21(17)27)34-16-25(32)31(15-19-8-10-22(28)23(29)13-19)24(26(33)30-2)14-18-6-4-3-5-7-18/h3-13,24H,14-16H2,1-2H3,(H,30,33). The molecular weight excluding hydrogens is 495 g/mol. The van der Waals surface area contributed by atoms with E-state index in [1.54, 1.807) is 43.4 Å². The second-order valence-corrected chi connectivity index (χ2v) is 9.01. The number of nitrogens with zero attached hydrogens (tertiary/aromatic N) is 1. The summed E-state index contributed by atoms with van der Waals surface area (Å²) in [6.07, 6.45) is 0.341. The monoisotopic (exact) mass is 518 g/mol. The van der Waals surface area contributed by atoms with Crippen LogP contribution in [0.2, 0.25) is 15.1 Å². The molecule has 178 valence electrons. The molecule has 0 fully saturated rings. The molecule has 34 heavy (non-hydrogen) atoms. The molecule has 3 aromatic carbocycles. The van der Waals surface area contributed by atoms with Gasteiger partial charge in [0, 0.05) is 25.0 Å². The third-order valence-electron chi connectivity index (χ3n) is 5.35. The number of benzene rings is 3. The average Bonchev–Trinajstić information content (AvgIpc) is 2.84. The predicted octanol–water partition coefficient (Wildman–Crippen LogP) is 5.72. The van der Waals surface area contributed by atoms with Crippen molar-refractivity contribution >= 4 is 46.6 Å². The largest absolute Gasteiger partial charge is 0.484 e. The normalized spacial score (nSPS) is 11.6. The zero-order chi connectivity index (χ0) is 24.7. The number of aryl methyl sites for hydroxylation is 1. The van der Waals surface area contributed by atoms with Gasteiger partial charge in [-0.25, -0.2) is 0 Å². The molecule has 3 aromatic rings. The van der Waals surface area contributed by atoms with Crippen LogP contribution in [0.5, 0.6) is 5.75 Å². The van der Waals surface area contributed by atoms with Crippen molar-refractivity contribution in [2.75, 3.05) is 13.7 Å². The maximum atomic E-state index is 13.4. The van der Waals surface area contributed by atoms with Crippen LogP contribution in [0.1, 0.15) is 16.7 Å². The Bertz CT molecular complexity index is 1160. The number of halogens is 3. The molecule has 0 radical (unpaired) electrons. The molecule has 8 heteroatoms. The van der Waals surface area contributed by atoms with E-state index < -0.39 is 6.04 Å². The third-order valence-corrected chi connectivity index (χ3v) is 6.51. The molecule has 0 saturated carbocycles. The van der Waals surface area contributed by atoms with Crippen molar-refractivity contribution in [2.45, 2.75) is 25.9 Å². The molecule has 0 aromatic heterocycles. The van der Waals surface area contributed by atoms with Crippen LogP contribution in [0.25, 0.3) is 0 Å². The van der Waals surface area contributed by atoms with Gasteiger partial charge in [0.2, 0.25) is 5.91 Å². The Balaban J connectivity index is 1.89. The zero-order valence-electron chi connectivity index (χ0n) is 18.9. The average molecular weight is 520 g/mol. The molecule has 5 nitrogen and oxygen atoms in total. The Morgan fingerprint density at radius 3 is 2.26 bits per heavy atom. The number of carbonyl (C=O) groups excluding carboxylic acids is 2. The van der Waals surface area contributed by atoms with Crippen LogP contribution in [0, 0.1) is 6.92 Å². The van der Waals surface area contributed by atoms with Crippen LogP contribution >= 0.6 is 34.8 Å². The molecule has 2 amide bonds. The van der Waals surface area contributed by atoms with Crippen LogP contribution in [0.15, 0.2) is 66.7 Å². The minimum Gasteiger partial charge on any atom is -0.484 e. The molecule has 0 saturated heterocycles. The van der Waals surface area contributed by atoms with Gasteiger partial charge in [-0.3, -0.25) is 9.59 Å². The number of hydrogen-bond acceptors (Lipinski definition) is 3. The van der Waals surface area contributed by atoms with Gasteiger partial charge in [-0.05, 0) is 53.9 Å². The SMILES string of the molecule is CNC(=O)C(Cc1ccccc1)N(Cc1ccc(Cl)c(Cl)c1)C(=O)COc1ccc(Cl)c(C)c1. The fourth-order valence-corrected chi connectivity index (χ4v) is 3.93. The number of rotatable bonds is 9. The quantitative estimate of drug-likeness (QED) is 0.393. The van der Waals surface area contributed by atoms with Gasteiger partial charge in [0.15, 0.2) is 6.61 Å². The molecule has 0 heterocycles. The third kappa shape index (κ3) is 6.89. The molecule has 3 rings (SSSR count). The molecule has 1 N–H and O–H groups in total. The van der Waals surface area contributed by atoms with E-state index >= 15 is 0 Å². The summed E-state index contributed by atoms with van der Waals surface area (Å²) in [5, 5.41) is 4.08. The summed E-state index contributed by atoms with van der Waals surface area (Å²) in [7, 11) is 1.55. The Kier molecular flexibility index (Phi) is 9.22. The maximum absolute atomic E-state index is 13.4. The highest BCUT2D eigenvalue weighted by atomic mass is 35.5. The van der Waals surface area contributed by atoms with E-state index in [1.165, 1.54) is 4.90 Å².